The minimum absolute atomic E-state index is 0. The molecule has 2 aromatic rings. The fraction of sp³-hybridized carbons (Fsp3) is 0.350. The van der Waals surface area contributed by atoms with Crippen LogP contribution in [0.4, 0.5) is 0 Å². The highest BCUT2D eigenvalue weighted by Crippen LogP contribution is 2.21. The maximum atomic E-state index is 12.3. The maximum absolute atomic E-state index is 12.3. The van der Waals surface area contributed by atoms with E-state index in [2.05, 4.69) is 11.4 Å². The van der Waals surface area contributed by atoms with Crippen molar-refractivity contribution < 1.29 is 9.53 Å². The molecule has 2 atom stereocenters. The Morgan fingerprint density at radius 2 is 1.88 bits per heavy atom. The molecular formula is C20H27ClN2O2. The molecular weight excluding hydrogens is 336 g/mol. The van der Waals surface area contributed by atoms with Crippen LogP contribution in [0.2, 0.25) is 0 Å². The van der Waals surface area contributed by atoms with Gasteiger partial charge in [0.1, 0.15) is 5.75 Å². The van der Waals surface area contributed by atoms with Gasteiger partial charge in [0.25, 0.3) is 0 Å². The lowest BCUT2D eigenvalue weighted by Crippen LogP contribution is -2.36. The van der Waals surface area contributed by atoms with E-state index in [4.69, 9.17) is 10.5 Å². The van der Waals surface area contributed by atoms with Gasteiger partial charge in [-0.1, -0.05) is 55.0 Å². The van der Waals surface area contributed by atoms with Gasteiger partial charge in [-0.05, 0) is 30.5 Å². The third-order valence-corrected chi connectivity index (χ3v) is 4.27. The van der Waals surface area contributed by atoms with E-state index in [1.807, 2.05) is 56.3 Å². The van der Waals surface area contributed by atoms with Crippen LogP contribution < -0.4 is 15.8 Å². The number of hydrogen-bond acceptors (Lipinski definition) is 3. The van der Waals surface area contributed by atoms with Crippen molar-refractivity contribution in [1.82, 2.24) is 5.32 Å². The largest absolute Gasteiger partial charge is 0.496 e. The first-order valence-electron chi connectivity index (χ1n) is 8.24. The van der Waals surface area contributed by atoms with Crippen molar-refractivity contribution in [3.8, 4) is 5.75 Å². The maximum Gasteiger partial charge on any atom is 0.224 e. The van der Waals surface area contributed by atoms with Gasteiger partial charge in [-0.15, -0.1) is 12.4 Å². The molecule has 4 nitrogen and oxygen atoms in total. The number of rotatable bonds is 7. The number of ether oxygens (including phenoxy) is 1. The topological polar surface area (TPSA) is 64.3 Å². The van der Waals surface area contributed by atoms with E-state index in [0.29, 0.717) is 6.54 Å². The van der Waals surface area contributed by atoms with Crippen molar-refractivity contribution in [3.05, 3.63) is 65.2 Å². The van der Waals surface area contributed by atoms with Crippen molar-refractivity contribution >= 4 is 18.3 Å². The number of amides is 1. The molecule has 0 aliphatic heterocycles. The zero-order valence-corrected chi connectivity index (χ0v) is 15.8. The molecule has 5 heteroatoms. The molecule has 0 aliphatic carbocycles. The van der Waals surface area contributed by atoms with Crippen LogP contribution in [0.25, 0.3) is 0 Å². The van der Waals surface area contributed by atoms with Gasteiger partial charge in [-0.2, -0.15) is 0 Å². The van der Waals surface area contributed by atoms with Crippen molar-refractivity contribution in [3.63, 3.8) is 0 Å². The van der Waals surface area contributed by atoms with Gasteiger partial charge in [-0.3, -0.25) is 4.79 Å². The van der Waals surface area contributed by atoms with Crippen LogP contribution in [-0.2, 0) is 11.2 Å². The summed E-state index contributed by atoms with van der Waals surface area (Å²) in [5.41, 5.74) is 9.45. The first kappa shape index (κ1) is 21.0. The Morgan fingerprint density at radius 3 is 2.52 bits per heavy atom. The summed E-state index contributed by atoms with van der Waals surface area (Å²) < 4.78 is 5.37. The number of carbonyl (C=O) groups is 1. The molecule has 136 valence electrons. The Labute approximate surface area is 156 Å². The molecule has 0 fully saturated rings. The van der Waals surface area contributed by atoms with Gasteiger partial charge in [0, 0.05) is 12.6 Å². The van der Waals surface area contributed by atoms with Gasteiger partial charge >= 0.3 is 0 Å². The number of hydrogen-bond donors (Lipinski definition) is 2. The third-order valence-electron chi connectivity index (χ3n) is 4.27. The quantitative estimate of drug-likeness (QED) is 0.793. The molecule has 3 N–H and O–H groups in total. The molecule has 0 saturated carbocycles. The van der Waals surface area contributed by atoms with Gasteiger partial charge < -0.3 is 15.8 Å². The number of benzene rings is 2. The Hall–Kier alpha value is -2.04. The number of methoxy groups -OCH3 is 1. The van der Waals surface area contributed by atoms with Crippen LogP contribution in [0.3, 0.4) is 0 Å². The summed E-state index contributed by atoms with van der Waals surface area (Å²) in [5.74, 6) is 0.536. The first-order valence-corrected chi connectivity index (χ1v) is 8.24. The second-order valence-electron chi connectivity index (χ2n) is 6.08. The standard InChI is InChI=1S/C20H26N2O2.ClH/c1-14-9-10-18(24-3)17(13-14)11-12-22-20(23)15(2)19(21)16-7-5-4-6-8-16;/h4-10,13,15,19H,11-12,21H2,1-3H3,(H,22,23);1H. The Kier molecular flexibility index (Phi) is 8.46. The molecule has 2 unspecified atom stereocenters. The predicted molar refractivity (Wildman–Crippen MR) is 104 cm³/mol. The number of aryl methyl sites for hydroxylation is 1. The molecule has 0 saturated heterocycles. The monoisotopic (exact) mass is 362 g/mol. The summed E-state index contributed by atoms with van der Waals surface area (Å²) >= 11 is 0. The fourth-order valence-corrected chi connectivity index (χ4v) is 2.71. The summed E-state index contributed by atoms with van der Waals surface area (Å²) in [6.45, 7) is 4.47. The van der Waals surface area contributed by atoms with Crippen LogP contribution >= 0.6 is 12.4 Å². The second-order valence-corrected chi connectivity index (χ2v) is 6.08. The van der Waals surface area contributed by atoms with Gasteiger partial charge in [0.2, 0.25) is 5.91 Å². The van der Waals surface area contributed by atoms with Crippen molar-refractivity contribution in [2.24, 2.45) is 11.7 Å². The van der Waals surface area contributed by atoms with Crippen molar-refractivity contribution in [2.75, 3.05) is 13.7 Å². The van der Waals surface area contributed by atoms with E-state index >= 15 is 0 Å². The van der Waals surface area contributed by atoms with Gasteiger partial charge in [0.05, 0.1) is 13.0 Å². The minimum atomic E-state index is -0.306. The minimum Gasteiger partial charge on any atom is -0.496 e. The van der Waals surface area contributed by atoms with Gasteiger partial charge in [-0.25, -0.2) is 0 Å². The molecule has 0 spiro atoms. The zero-order valence-electron chi connectivity index (χ0n) is 15.0. The molecule has 0 aliphatic rings. The highest BCUT2D eigenvalue weighted by Gasteiger charge is 2.21. The van der Waals surface area contributed by atoms with Crippen LogP contribution in [0.1, 0.15) is 29.7 Å². The lowest BCUT2D eigenvalue weighted by molar-refractivity contribution is -0.125. The first-order chi connectivity index (χ1) is 11.5. The lowest BCUT2D eigenvalue weighted by atomic mass is 9.94. The molecule has 25 heavy (non-hydrogen) atoms. The summed E-state index contributed by atoms with van der Waals surface area (Å²) in [7, 11) is 1.66. The summed E-state index contributed by atoms with van der Waals surface area (Å²) in [4.78, 5) is 12.3. The fourth-order valence-electron chi connectivity index (χ4n) is 2.71. The summed E-state index contributed by atoms with van der Waals surface area (Å²) in [6.07, 6.45) is 0.726. The van der Waals surface area contributed by atoms with Crippen LogP contribution in [0, 0.1) is 12.8 Å². The smallest absolute Gasteiger partial charge is 0.224 e. The molecule has 0 bridgehead atoms. The average molecular weight is 363 g/mol. The molecule has 0 heterocycles. The van der Waals surface area contributed by atoms with E-state index in [1.165, 1.54) is 5.56 Å². The summed E-state index contributed by atoms with van der Waals surface area (Å²) in [6, 6.07) is 15.5. The predicted octanol–water partition coefficient (Wildman–Crippen LogP) is 3.42. The number of halogens is 1. The third kappa shape index (κ3) is 5.76. The van der Waals surface area contributed by atoms with Crippen LogP contribution in [0.5, 0.6) is 5.75 Å². The Morgan fingerprint density at radius 1 is 1.20 bits per heavy atom. The Bertz CT molecular complexity index is 677. The molecule has 2 rings (SSSR count). The van der Waals surface area contributed by atoms with Gasteiger partial charge in [0.15, 0.2) is 0 Å². The SMILES string of the molecule is COc1ccc(C)cc1CCNC(=O)C(C)C(N)c1ccccc1.Cl. The van der Waals surface area contributed by atoms with Crippen molar-refractivity contribution in [2.45, 2.75) is 26.3 Å². The highest BCUT2D eigenvalue weighted by molar-refractivity contribution is 5.85. The van der Waals surface area contributed by atoms with E-state index in [-0.39, 0.29) is 30.3 Å². The molecule has 0 radical (unpaired) electrons. The molecule has 1 amide bonds. The second kappa shape index (κ2) is 10.1. The lowest BCUT2D eigenvalue weighted by Gasteiger charge is -2.20. The summed E-state index contributed by atoms with van der Waals surface area (Å²) in [5, 5.41) is 2.98. The van der Waals surface area contributed by atoms with E-state index in [1.54, 1.807) is 7.11 Å². The van der Waals surface area contributed by atoms with E-state index < -0.39 is 0 Å². The molecule has 2 aromatic carbocycles. The highest BCUT2D eigenvalue weighted by atomic mass is 35.5. The molecule has 0 aromatic heterocycles. The number of nitrogens with two attached hydrogens (primary N) is 1. The average Bonchev–Trinajstić information content (AvgIpc) is 2.61. The van der Waals surface area contributed by atoms with E-state index in [9.17, 15) is 4.79 Å². The van der Waals surface area contributed by atoms with Crippen LogP contribution in [0.15, 0.2) is 48.5 Å². The zero-order chi connectivity index (χ0) is 17.5. The normalized spacial score (nSPS) is 12.6. The number of nitrogens with one attached hydrogen (secondary N) is 1. The number of carbonyl (C=O) groups excluding carboxylic acids is 1. The van der Waals surface area contributed by atoms with Crippen LogP contribution in [-0.4, -0.2) is 19.6 Å². The Balaban J connectivity index is 0.00000312. The van der Waals surface area contributed by atoms with E-state index in [0.717, 1.165) is 23.3 Å². The van der Waals surface area contributed by atoms with Crippen molar-refractivity contribution in [1.29, 1.82) is 0 Å².